The molecule has 1 saturated carbocycles. The zero-order chi connectivity index (χ0) is 15.8. The van der Waals surface area contributed by atoms with E-state index in [0.717, 1.165) is 25.3 Å². The molecule has 6 nitrogen and oxygen atoms in total. The molecule has 0 unspecified atom stereocenters. The molecule has 118 valence electrons. The molecule has 1 heterocycles. The summed E-state index contributed by atoms with van der Waals surface area (Å²) in [6, 6.07) is 1.08. The first-order valence-electron chi connectivity index (χ1n) is 6.78. The molecule has 1 aliphatic carbocycles. The van der Waals surface area contributed by atoms with E-state index in [0.29, 0.717) is 12.5 Å². The summed E-state index contributed by atoms with van der Waals surface area (Å²) < 4.78 is 31.8. The molecule has 8 heteroatoms. The number of carboxylic acids is 1. The predicted molar refractivity (Wildman–Crippen MR) is 79.7 cm³/mol. The van der Waals surface area contributed by atoms with Crippen LogP contribution in [0.4, 0.5) is 0 Å². The van der Waals surface area contributed by atoms with Crippen molar-refractivity contribution in [3.05, 3.63) is 16.5 Å². The van der Waals surface area contributed by atoms with Gasteiger partial charge in [0.15, 0.2) is 4.67 Å². The van der Waals surface area contributed by atoms with Gasteiger partial charge in [-0.1, -0.05) is 13.8 Å². The largest absolute Gasteiger partial charge is 0.475 e. The molecule has 0 atom stereocenters. The van der Waals surface area contributed by atoms with Gasteiger partial charge in [-0.25, -0.2) is 13.2 Å². The van der Waals surface area contributed by atoms with Crippen molar-refractivity contribution in [3.8, 4) is 0 Å². The molecule has 1 aromatic heterocycles. The lowest BCUT2D eigenvalue weighted by atomic mass is 10.1. The molecule has 0 saturated heterocycles. The van der Waals surface area contributed by atoms with Gasteiger partial charge >= 0.3 is 5.97 Å². The van der Waals surface area contributed by atoms with Crippen LogP contribution in [-0.2, 0) is 10.0 Å². The Morgan fingerprint density at radius 3 is 2.57 bits per heavy atom. The zero-order valence-corrected chi connectivity index (χ0v) is 14.3. The Hall–Kier alpha value is -0.860. The summed E-state index contributed by atoms with van der Waals surface area (Å²) in [6.45, 7) is 4.51. The van der Waals surface area contributed by atoms with Crippen LogP contribution in [0.5, 0.6) is 0 Å². The van der Waals surface area contributed by atoms with Crippen molar-refractivity contribution in [2.45, 2.75) is 44.0 Å². The SMILES string of the molecule is CC(C)CCN(C1CC1)S(=O)(=O)c1cc(C(=O)O)oc1Br. The zero-order valence-electron chi connectivity index (χ0n) is 11.9. The third-order valence-corrected chi connectivity index (χ3v) is 6.14. The van der Waals surface area contributed by atoms with E-state index >= 15 is 0 Å². The van der Waals surface area contributed by atoms with E-state index in [2.05, 4.69) is 15.9 Å². The molecule has 1 fully saturated rings. The number of carboxylic acid groups (broad SMARTS) is 1. The van der Waals surface area contributed by atoms with Crippen molar-refractivity contribution in [1.29, 1.82) is 0 Å². The maximum atomic E-state index is 12.7. The van der Waals surface area contributed by atoms with Crippen LogP contribution in [0.25, 0.3) is 0 Å². The van der Waals surface area contributed by atoms with Gasteiger partial charge in [-0.15, -0.1) is 0 Å². The maximum Gasteiger partial charge on any atom is 0.371 e. The number of hydrogen-bond acceptors (Lipinski definition) is 4. The second-order valence-electron chi connectivity index (χ2n) is 5.58. The van der Waals surface area contributed by atoms with Crippen LogP contribution in [0.1, 0.15) is 43.7 Å². The van der Waals surface area contributed by atoms with Crippen LogP contribution in [0.2, 0.25) is 0 Å². The van der Waals surface area contributed by atoms with Crippen molar-refractivity contribution in [2.24, 2.45) is 5.92 Å². The average molecular weight is 380 g/mol. The number of furan rings is 1. The minimum absolute atomic E-state index is 0.0174. The Balaban J connectivity index is 2.32. The molecule has 0 spiro atoms. The monoisotopic (exact) mass is 379 g/mol. The van der Waals surface area contributed by atoms with Gasteiger partial charge in [-0.3, -0.25) is 0 Å². The highest BCUT2D eigenvalue weighted by Crippen LogP contribution is 2.36. The molecule has 2 rings (SSSR count). The molecule has 0 aliphatic heterocycles. The number of sulfonamides is 1. The molecule has 21 heavy (non-hydrogen) atoms. The second kappa shape index (κ2) is 6.10. The first-order chi connectivity index (χ1) is 9.73. The van der Waals surface area contributed by atoms with Crippen LogP contribution >= 0.6 is 15.9 Å². The average Bonchev–Trinajstić information content (AvgIpc) is 3.10. The van der Waals surface area contributed by atoms with Gasteiger partial charge in [-0.2, -0.15) is 4.31 Å². The lowest BCUT2D eigenvalue weighted by molar-refractivity contribution is 0.0661. The van der Waals surface area contributed by atoms with Gasteiger partial charge in [0.05, 0.1) is 0 Å². The molecule has 1 N–H and O–H groups in total. The molecule has 0 amide bonds. The summed E-state index contributed by atoms with van der Waals surface area (Å²) in [4.78, 5) is 10.8. The fourth-order valence-corrected chi connectivity index (χ4v) is 4.61. The number of rotatable bonds is 7. The third-order valence-electron chi connectivity index (χ3n) is 3.33. The number of hydrogen-bond donors (Lipinski definition) is 1. The van der Waals surface area contributed by atoms with Crippen LogP contribution in [0, 0.1) is 5.92 Å². The van der Waals surface area contributed by atoms with Crippen molar-refractivity contribution >= 4 is 31.9 Å². The lowest BCUT2D eigenvalue weighted by Crippen LogP contribution is -2.34. The summed E-state index contributed by atoms with van der Waals surface area (Å²) in [5.74, 6) is -1.29. The van der Waals surface area contributed by atoms with E-state index in [9.17, 15) is 13.2 Å². The summed E-state index contributed by atoms with van der Waals surface area (Å²) >= 11 is 3.00. The van der Waals surface area contributed by atoms with E-state index in [1.165, 1.54) is 4.31 Å². The lowest BCUT2D eigenvalue weighted by Gasteiger charge is -2.22. The summed E-state index contributed by atoms with van der Waals surface area (Å²) in [6.07, 6.45) is 2.45. The van der Waals surface area contributed by atoms with Gasteiger partial charge in [0.2, 0.25) is 15.8 Å². The Morgan fingerprint density at radius 1 is 1.52 bits per heavy atom. The second-order valence-corrected chi connectivity index (χ2v) is 8.16. The molecule has 1 aliphatic rings. The fraction of sp³-hybridized carbons (Fsp3) is 0.615. The molecular formula is C13H18BrNO5S. The highest BCUT2D eigenvalue weighted by molar-refractivity contribution is 9.10. The number of nitrogens with zero attached hydrogens (tertiary/aromatic N) is 1. The third kappa shape index (κ3) is 3.67. The van der Waals surface area contributed by atoms with Gasteiger partial charge in [0, 0.05) is 18.7 Å². The number of carbonyl (C=O) groups is 1. The van der Waals surface area contributed by atoms with E-state index in [1.54, 1.807) is 0 Å². The van der Waals surface area contributed by atoms with E-state index in [-0.39, 0.29) is 21.4 Å². The number of aromatic carboxylic acids is 1. The van der Waals surface area contributed by atoms with Crippen LogP contribution in [-0.4, -0.2) is 36.4 Å². The highest BCUT2D eigenvalue weighted by Gasteiger charge is 2.40. The van der Waals surface area contributed by atoms with Crippen molar-refractivity contribution in [1.82, 2.24) is 4.31 Å². The Bertz CT molecular complexity index is 633. The quantitative estimate of drug-likeness (QED) is 0.786. The van der Waals surface area contributed by atoms with Crippen molar-refractivity contribution < 1.29 is 22.7 Å². The maximum absolute atomic E-state index is 12.7. The smallest absolute Gasteiger partial charge is 0.371 e. The van der Waals surface area contributed by atoms with E-state index in [1.807, 2.05) is 13.8 Å². The van der Waals surface area contributed by atoms with Gasteiger partial charge in [0.25, 0.3) is 0 Å². The van der Waals surface area contributed by atoms with E-state index < -0.39 is 16.0 Å². The number of halogens is 1. The van der Waals surface area contributed by atoms with Crippen LogP contribution < -0.4 is 0 Å². The Morgan fingerprint density at radius 2 is 2.14 bits per heavy atom. The van der Waals surface area contributed by atoms with Crippen LogP contribution in [0.15, 0.2) is 20.0 Å². The summed E-state index contributed by atoms with van der Waals surface area (Å²) in [5.41, 5.74) is 0. The Labute approximate surface area is 132 Å². The normalized spacial score (nSPS) is 15.9. The van der Waals surface area contributed by atoms with E-state index in [4.69, 9.17) is 9.52 Å². The standard InChI is InChI=1S/C13H18BrNO5S/c1-8(2)5-6-15(9-3-4-9)21(18,19)11-7-10(13(16)17)20-12(11)14/h7-9H,3-6H2,1-2H3,(H,16,17). The minimum Gasteiger partial charge on any atom is -0.475 e. The minimum atomic E-state index is -3.75. The Kier molecular flexibility index (Phi) is 4.79. The predicted octanol–water partition coefficient (Wildman–Crippen LogP) is 2.94. The molecule has 1 aromatic rings. The van der Waals surface area contributed by atoms with Gasteiger partial charge in [0.1, 0.15) is 4.90 Å². The molecular weight excluding hydrogens is 362 g/mol. The van der Waals surface area contributed by atoms with Crippen molar-refractivity contribution in [2.75, 3.05) is 6.54 Å². The summed E-state index contributed by atoms with van der Waals surface area (Å²) in [5, 5.41) is 8.90. The first-order valence-corrected chi connectivity index (χ1v) is 9.01. The van der Waals surface area contributed by atoms with Gasteiger partial charge in [-0.05, 0) is 41.1 Å². The topological polar surface area (TPSA) is 87.8 Å². The van der Waals surface area contributed by atoms with Crippen LogP contribution in [0.3, 0.4) is 0 Å². The van der Waals surface area contributed by atoms with Gasteiger partial charge < -0.3 is 9.52 Å². The summed E-state index contributed by atoms with van der Waals surface area (Å²) in [7, 11) is -3.75. The van der Waals surface area contributed by atoms with Crippen molar-refractivity contribution in [3.63, 3.8) is 0 Å². The highest BCUT2D eigenvalue weighted by atomic mass is 79.9. The fourth-order valence-electron chi connectivity index (χ4n) is 2.01. The molecule has 0 aromatic carbocycles. The molecule has 0 radical (unpaired) electrons. The first kappa shape index (κ1) is 16.5. The molecule has 0 bridgehead atoms.